The van der Waals surface area contributed by atoms with Crippen LogP contribution >= 0.6 is 0 Å². The van der Waals surface area contributed by atoms with Crippen LogP contribution in [0.5, 0.6) is 5.75 Å². The number of benzene rings is 1. The molecule has 1 heterocycles. The number of hydrogen-bond donors (Lipinski definition) is 0. The van der Waals surface area contributed by atoms with Crippen LogP contribution in [0.2, 0.25) is 0 Å². The van der Waals surface area contributed by atoms with Crippen molar-refractivity contribution in [2.24, 2.45) is 0 Å². The van der Waals surface area contributed by atoms with Crippen LogP contribution in [0.4, 0.5) is 0 Å². The highest BCUT2D eigenvalue weighted by Crippen LogP contribution is 2.17. The molecule has 0 N–H and O–H groups in total. The highest BCUT2D eigenvalue weighted by atomic mass is 16.6. The second-order valence-corrected chi connectivity index (χ2v) is 4.93. The summed E-state index contributed by atoms with van der Waals surface area (Å²) in [4.78, 5) is 23.0. The van der Waals surface area contributed by atoms with E-state index in [1.165, 1.54) is 0 Å². The Morgan fingerprint density at radius 2 is 2.25 bits per heavy atom. The Hall–Kier alpha value is -2.04. The monoisotopic (exact) mass is 278 g/mol. The fourth-order valence-electron chi connectivity index (χ4n) is 1.95. The predicted octanol–water partition coefficient (Wildman–Crippen LogP) is 1.88. The molecular weight excluding hydrogens is 260 g/mol. The van der Waals surface area contributed by atoms with Crippen LogP contribution in [0.15, 0.2) is 24.3 Å². The first-order valence-corrected chi connectivity index (χ1v) is 6.66. The van der Waals surface area contributed by atoms with Crippen molar-refractivity contribution in [1.82, 2.24) is 0 Å². The molecule has 0 radical (unpaired) electrons. The zero-order valence-electron chi connectivity index (χ0n) is 11.6. The van der Waals surface area contributed by atoms with Gasteiger partial charge in [-0.3, -0.25) is 4.79 Å². The number of cyclic esters (lactones) is 1. The summed E-state index contributed by atoms with van der Waals surface area (Å²) in [5.74, 6) is -0.184. The quantitative estimate of drug-likeness (QED) is 0.769. The highest BCUT2D eigenvalue weighted by molar-refractivity contribution is 5.81. The van der Waals surface area contributed by atoms with Crippen molar-refractivity contribution in [2.75, 3.05) is 6.61 Å². The average Bonchev–Trinajstić information content (AvgIpc) is 2.74. The number of esters is 2. The van der Waals surface area contributed by atoms with E-state index in [1.807, 2.05) is 32.0 Å². The van der Waals surface area contributed by atoms with E-state index in [2.05, 4.69) is 0 Å². The standard InChI is InChI=1S/C15H18O5/c1-10(2)19-12-5-3-4-11(8-12)9-14(16)20-13-6-7-18-15(13)17/h3-5,8,10,13H,6-7,9H2,1-2H3. The minimum absolute atomic E-state index is 0.0745. The first kappa shape index (κ1) is 14.4. The molecule has 0 bridgehead atoms. The second-order valence-electron chi connectivity index (χ2n) is 4.93. The van der Waals surface area contributed by atoms with Gasteiger partial charge in [-0.15, -0.1) is 0 Å². The van der Waals surface area contributed by atoms with Crippen molar-refractivity contribution in [2.45, 2.75) is 38.9 Å². The maximum atomic E-state index is 11.8. The molecule has 1 fully saturated rings. The van der Waals surface area contributed by atoms with Crippen molar-refractivity contribution in [3.63, 3.8) is 0 Å². The minimum atomic E-state index is -0.752. The van der Waals surface area contributed by atoms with Crippen molar-refractivity contribution >= 4 is 11.9 Å². The summed E-state index contributed by atoms with van der Waals surface area (Å²) in [6.45, 7) is 4.19. The molecule has 108 valence electrons. The third-order valence-corrected chi connectivity index (χ3v) is 2.78. The summed E-state index contributed by atoms with van der Waals surface area (Å²) in [6, 6.07) is 7.28. The van der Waals surface area contributed by atoms with Gasteiger partial charge in [0.15, 0.2) is 0 Å². The fraction of sp³-hybridized carbons (Fsp3) is 0.467. The van der Waals surface area contributed by atoms with Crippen LogP contribution in [0.25, 0.3) is 0 Å². The Bertz CT molecular complexity index is 495. The highest BCUT2D eigenvalue weighted by Gasteiger charge is 2.30. The molecule has 0 aromatic heterocycles. The lowest BCUT2D eigenvalue weighted by molar-refractivity contribution is -0.159. The second kappa shape index (κ2) is 6.41. The van der Waals surface area contributed by atoms with Crippen LogP contribution in [-0.4, -0.2) is 30.8 Å². The van der Waals surface area contributed by atoms with E-state index < -0.39 is 18.0 Å². The maximum absolute atomic E-state index is 11.8. The SMILES string of the molecule is CC(C)Oc1cccc(CC(=O)OC2CCOC2=O)c1. The molecular formula is C15H18O5. The Morgan fingerprint density at radius 3 is 2.90 bits per heavy atom. The first-order chi connectivity index (χ1) is 9.54. The predicted molar refractivity (Wildman–Crippen MR) is 71.4 cm³/mol. The van der Waals surface area contributed by atoms with Crippen LogP contribution < -0.4 is 4.74 Å². The number of rotatable bonds is 5. The van der Waals surface area contributed by atoms with Gasteiger partial charge < -0.3 is 14.2 Å². The molecule has 1 unspecified atom stereocenters. The lowest BCUT2D eigenvalue weighted by Crippen LogP contribution is -2.23. The molecule has 1 atom stereocenters. The normalized spacial score (nSPS) is 17.9. The molecule has 1 aliphatic heterocycles. The van der Waals surface area contributed by atoms with Crippen LogP contribution in [-0.2, 0) is 25.5 Å². The molecule has 0 saturated carbocycles. The van der Waals surface area contributed by atoms with Crippen molar-refractivity contribution in [1.29, 1.82) is 0 Å². The molecule has 5 heteroatoms. The van der Waals surface area contributed by atoms with Crippen LogP contribution in [0, 0.1) is 0 Å². The average molecular weight is 278 g/mol. The molecule has 1 aromatic rings. The molecule has 0 spiro atoms. The fourth-order valence-corrected chi connectivity index (χ4v) is 1.95. The molecule has 1 aromatic carbocycles. The number of ether oxygens (including phenoxy) is 3. The summed E-state index contributed by atoms with van der Waals surface area (Å²) < 4.78 is 15.4. The zero-order chi connectivity index (χ0) is 14.5. The van der Waals surface area contributed by atoms with E-state index in [-0.39, 0.29) is 12.5 Å². The van der Waals surface area contributed by atoms with Gasteiger partial charge in [-0.2, -0.15) is 0 Å². The van der Waals surface area contributed by atoms with Gasteiger partial charge in [-0.1, -0.05) is 12.1 Å². The van der Waals surface area contributed by atoms with E-state index in [0.29, 0.717) is 18.8 Å². The van der Waals surface area contributed by atoms with Crippen LogP contribution in [0.1, 0.15) is 25.8 Å². The van der Waals surface area contributed by atoms with Gasteiger partial charge in [0.05, 0.1) is 19.1 Å². The summed E-state index contributed by atoms with van der Waals surface area (Å²) >= 11 is 0. The summed E-state index contributed by atoms with van der Waals surface area (Å²) in [5.41, 5.74) is 0.791. The maximum Gasteiger partial charge on any atom is 0.347 e. The topological polar surface area (TPSA) is 61.8 Å². The van der Waals surface area contributed by atoms with E-state index in [4.69, 9.17) is 14.2 Å². The lowest BCUT2D eigenvalue weighted by Gasteiger charge is -2.11. The van der Waals surface area contributed by atoms with E-state index in [0.717, 1.165) is 5.56 Å². The van der Waals surface area contributed by atoms with Crippen LogP contribution in [0.3, 0.4) is 0 Å². The molecule has 0 amide bonds. The Kier molecular flexibility index (Phi) is 4.61. The molecule has 5 nitrogen and oxygen atoms in total. The summed E-state index contributed by atoms with van der Waals surface area (Å²) in [6.07, 6.45) is -0.136. The van der Waals surface area contributed by atoms with E-state index in [1.54, 1.807) is 6.07 Å². The Morgan fingerprint density at radius 1 is 1.45 bits per heavy atom. The van der Waals surface area contributed by atoms with Gasteiger partial charge in [0.25, 0.3) is 0 Å². The third kappa shape index (κ3) is 3.98. The first-order valence-electron chi connectivity index (χ1n) is 6.66. The van der Waals surface area contributed by atoms with Gasteiger partial charge in [0.2, 0.25) is 6.10 Å². The summed E-state index contributed by atoms with van der Waals surface area (Å²) in [5, 5.41) is 0. The van der Waals surface area contributed by atoms with Crippen molar-refractivity contribution in [3.8, 4) is 5.75 Å². The smallest absolute Gasteiger partial charge is 0.347 e. The van der Waals surface area contributed by atoms with Crippen molar-refractivity contribution < 1.29 is 23.8 Å². The number of carbonyl (C=O) groups excluding carboxylic acids is 2. The van der Waals surface area contributed by atoms with E-state index in [9.17, 15) is 9.59 Å². The van der Waals surface area contributed by atoms with Gasteiger partial charge in [0.1, 0.15) is 5.75 Å². The molecule has 2 rings (SSSR count). The van der Waals surface area contributed by atoms with Gasteiger partial charge >= 0.3 is 11.9 Å². The lowest BCUT2D eigenvalue weighted by atomic mass is 10.1. The van der Waals surface area contributed by atoms with Gasteiger partial charge in [-0.25, -0.2) is 4.79 Å². The molecule has 1 aliphatic rings. The molecule has 20 heavy (non-hydrogen) atoms. The minimum Gasteiger partial charge on any atom is -0.491 e. The number of hydrogen-bond acceptors (Lipinski definition) is 5. The Labute approximate surface area is 117 Å². The van der Waals surface area contributed by atoms with E-state index >= 15 is 0 Å². The largest absolute Gasteiger partial charge is 0.491 e. The summed E-state index contributed by atoms with van der Waals surface area (Å²) in [7, 11) is 0. The molecule has 0 aliphatic carbocycles. The molecule has 1 saturated heterocycles. The van der Waals surface area contributed by atoms with Gasteiger partial charge in [0, 0.05) is 6.42 Å². The van der Waals surface area contributed by atoms with Gasteiger partial charge in [-0.05, 0) is 31.5 Å². The van der Waals surface area contributed by atoms with Crippen molar-refractivity contribution in [3.05, 3.63) is 29.8 Å². The Balaban J connectivity index is 1.92. The number of carbonyl (C=O) groups is 2. The zero-order valence-corrected chi connectivity index (χ0v) is 11.6. The third-order valence-electron chi connectivity index (χ3n) is 2.78.